The van der Waals surface area contributed by atoms with Crippen LogP contribution in [-0.2, 0) is 16.8 Å². The number of halogens is 1. The number of hydrogen-bond acceptors (Lipinski definition) is 7. The summed E-state index contributed by atoms with van der Waals surface area (Å²) in [5.74, 6) is 1.75. The minimum atomic E-state index is -0.908. The number of pyridine rings is 1. The molecule has 1 aromatic heterocycles. The number of rotatable bonds is 17. The molecule has 53 heavy (non-hydrogen) atoms. The van der Waals surface area contributed by atoms with E-state index in [1.54, 1.807) is 12.1 Å². The Labute approximate surface area is 323 Å². The second-order valence-corrected chi connectivity index (χ2v) is 15.6. The van der Waals surface area contributed by atoms with Gasteiger partial charge in [-0.3, -0.25) is 4.79 Å². The van der Waals surface area contributed by atoms with Crippen LogP contribution in [0.4, 0.5) is 0 Å². The molecule has 8 rings (SSSR count). The van der Waals surface area contributed by atoms with Gasteiger partial charge in [0, 0.05) is 43.2 Å². The summed E-state index contributed by atoms with van der Waals surface area (Å²) in [6.07, 6.45) is 9.23. The molecular weight excluding hydrogens is 734 g/mol. The standard InChI is InChI=1S/C43H55N3O6.BrH/c47-38-19-17-36(37-18-20-41(49)45-42(37)38)39(48)28-44-23-6-8-31-13-15-35(16-14-31)51-27-7-24-46-25-21-32(22-26-46)40(29-46)52-30-43(50,34-11-4-5-12-34)33-9-2-1-3-10-33;/h1-3,9-10,13-20,32,34,39-40,44,48,50H,4-8,11-12,21-30H2,(H-,45,47,49);1H/t32?,39-,40-,43+,46?;/m0./s1. The van der Waals surface area contributed by atoms with E-state index in [0.717, 1.165) is 67.5 Å². The van der Waals surface area contributed by atoms with Crippen LogP contribution in [0, 0.1) is 11.8 Å². The lowest BCUT2D eigenvalue weighted by molar-refractivity contribution is -0.946. The number of H-pyrrole nitrogens is 1. The van der Waals surface area contributed by atoms with Crippen LogP contribution in [0.1, 0.15) is 74.2 Å². The molecule has 0 unspecified atom stereocenters. The number of nitrogens with one attached hydrogen (secondary N) is 2. The summed E-state index contributed by atoms with van der Waals surface area (Å²) in [5, 5.41) is 36.9. The van der Waals surface area contributed by atoms with E-state index in [2.05, 4.69) is 46.7 Å². The molecule has 286 valence electrons. The number of quaternary nitrogens is 1. The fourth-order valence-electron chi connectivity index (χ4n) is 9.18. The molecule has 1 aliphatic carbocycles. The lowest BCUT2D eigenvalue weighted by Crippen LogP contribution is -3.00. The average molecular weight is 791 g/mol. The zero-order valence-electron chi connectivity index (χ0n) is 30.7. The third kappa shape index (κ3) is 9.35. The van der Waals surface area contributed by atoms with Crippen LogP contribution in [0.5, 0.6) is 11.5 Å². The van der Waals surface area contributed by atoms with Gasteiger partial charge in [0.15, 0.2) is 0 Å². The summed E-state index contributed by atoms with van der Waals surface area (Å²) in [4.78, 5) is 14.3. The van der Waals surface area contributed by atoms with E-state index >= 15 is 0 Å². The molecule has 3 aromatic carbocycles. The van der Waals surface area contributed by atoms with Crippen LogP contribution in [0.25, 0.3) is 10.9 Å². The molecule has 1 saturated carbocycles. The van der Waals surface area contributed by atoms with E-state index in [9.17, 15) is 20.1 Å². The summed E-state index contributed by atoms with van der Waals surface area (Å²) in [6.45, 7) is 6.79. The third-order valence-corrected chi connectivity index (χ3v) is 12.3. The number of aromatic nitrogens is 1. The van der Waals surface area contributed by atoms with Gasteiger partial charge in [-0.1, -0.05) is 61.4 Å². The Bertz CT molecular complexity index is 1810. The van der Waals surface area contributed by atoms with Gasteiger partial charge in [0.05, 0.1) is 44.5 Å². The Morgan fingerprint density at radius 1 is 0.925 bits per heavy atom. The molecule has 0 spiro atoms. The molecule has 10 heteroatoms. The molecule has 5 N–H and O–H groups in total. The first-order valence-corrected chi connectivity index (χ1v) is 19.5. The van der Waals surface area contributed by atoms with E-state index in [0.29, 0.717) is 42.1 Å². The highest BCUT2D eigenvalue weighted by Crippen LogP contribution is 2.43. The predicted molar refractivity (Wildman–Crippen MR) is 203 cm³/mol. The van der Waals surface area contributed by atoms with Gasteiger partial charge in [-0.2, -0.15) is 0 Å². The van der Waals surface area contributed by atoms with Crippen molar-refractivity contribution < 1.29 is 46.3 Å². The number of aliphatic hydroxyl groups is 2. The lowest BCUT2D eigenvalue weighted by Gasteiger charge is -2.53. The van der Waals surface area contributed by atoms with E-state index in [1.165, 1.54) is 56.5 Å². The fraction of sp³-hybridized carbons (Fsp3) is 0.512. The number of aryl methyl sites for hydroxylation is 1. The molecular formula is C43H56BrN3O6. The van der Waals surface area contributed by atoms with Crippen molar-refractivity contribution in [1.29, 1.82) is 0 Å². The largest absolute Gasteiger partial charge is 1.00 e. The molecule has 4 heterocycles. The number of fused-ring (bicyclic) bond motifs is 4. The van der Waals surface area contributed by atoms with Crippen molar-refractivity contribution in [1.82, 2.24) is 10.3 Å². The first kappa shape index (κ1) is 39.4. The van der Waals surface area contributed by atoms with Gasteiger partial charge in [-0.05, 0) is 79.1 Å². The summed E-state index contributed by atoms with van der Waals surface area (Å²) < 4.78 is 14.0. The predicted octanol–water partition coefficient (Wildman–Crippen LogP) is 2.97. The molecule has 4 aromatic rings. The molecule has 3 aliphatic heterocycles. The number of ether oxygens (including phenoxy) is 2. The zero-order chi connectivity index (χ0) is 36.0. The normalized spacial score (nSPS) is 23.1. The Balaban J connectivity index is 0.00000481. The van der Waals surface area contributed by atoms with Gasteiger partial charge in [0.1, 0.15) is 29.7 Å². The number of hydrogen-bond donors (Lipinski definition) is 5. The molecule has 3 saturated heterocycles. The second kappa shape index (κ2) is 17.9. The van der Waals surface area contributed by atoms with Crippen LogP contribution < -0.4 is 32.6 Å². The van der Waals surface area contributed by atoms with E-state index in [1.807, 2.05) is 18.2 Å². The molecule has 2 bridgehead atoms. The summed E-state index contributed by atoms with van der Waals surface area (Å²) >= 11 is 0. The third-order valence-electron chi connectivity index (χ3n) is 12.3. The number of aromatic amines is 1. The molecule has 0 amide bonds. The first-order chi connectivity index (χ1) is 25.3. The van der Waals surface area contributed by atoms with Crippen LogP contribution in [-0.4, -0.2) is 83.4 Å². The van der Waals surface area contributed by atoms with Gasteiger partial charge in [-0.25, -0.2) is 0 Å². The molecule has 4 fully saturated rings. The Kier molecular flexibility index (Phi) is 13.3. The highest BCUT2D eigenvalue weighted by molar-refractivity contribution is 5.87. The van der Waals surface area contributed by atoms with Crippen molar-refractivity contribution in [3.05, 3.63) is 106 Å². The topological polar surface area (TPSA) is 124 Å². The number of phenolic OH excluding ortho intramolecular Hbond substituents is 1. The van der Waals surface area contributed by atoms with E-state index in [-0.39, 0.29) is 40.3 Å². The van der Waals surface area contributed by atoms with Gasteiger partial charge in [0.25, 0.3) is 0 Å². The fourth-order valence-corrected chi connectivity index (χ4v) is 9.18. The summed E-state index contributed by atoms with van der Waals surface area (Å²) in [6, 6.07) is 24.9. The van der Waals surface area contributed by atoms with E-state index in [4.69, 9.17) is 9.47 Å². The van der Waals surface area contributed by atoms with Crippen molar-refractivity contribution in [2.24, 2.45) is 11.8 Å². The van der Waals surface area contributed by atoms with Crippen molar-refractivity contribution in [3.63, 3.8) is 0 Å². The number of phenols is 1. The lowest BCUT2D eigenvalue weighted by atomic mass is 9.80. The van der Waals surface area contributed by atoms with Crippen molar-refractivity contribution in [3.8, 4) is 11.5 Å². The minimum Gasteiger partial charge on any atom is -1.00 e. The van der Waals surface area contributed by atoms with Gasteiger partial charge in [0.2, 0.25) is 5.56 Å². The molecule has 0 radical (unpaired) electrons. The van der Waals surface area contributed by atoms with Crippen LogP contribution in [0.3, 0.4) is 0 Å². The highest BCUT2D eigenvalue weighted by Gasteiger charge is 2.48. The average Bonchev–Trinajstić information content (AvgIpc) is 3.73. The molecule has 9 nitrogen and oxygen atoms in total. The van der Waals surface area contributed by atoms with Crippen LogP contribution >= 0.6 is 0 Å². The summed E-state index contributed by atoms with van der Waals surface area (Å²) in [5.41, 5.74) is 2.05. The highest BCUT2D eigenvalue weighted by atomic mass is 79.9. The minimum absolute atomic E-state index is 0. The quantitative estimate of drug-likeness (QED) is 0.0824. The van der Waals surface area contributed by atoms with Gasteiger partial charge in [-0.15, -0.1) is 0 Å². The smallest absolute Gasteiger partial charge is 0.248 e. The van der Waals surface area contributed by atoms with Crippen molar-refractivity contribution >= 4 is 10.9 Å². The van der Waals surface area contributed by atoms with Crippen molar-refractivity contribution in [2.75, 3.05) is 52.5 Å². The number of aromatic hydroxyl groups is 1. The van der Waals surface area contributed by atoms with E-state index < -0.39 is 11.7 Å². The van der Waals surface area contributed by atoms with Crippen molar-refractivity contribution in [2.45, 2.75) is 75.6 Å². The van der Waals surface area contributed by atoms with Gasteiger partial charge >= 0.3 is 0 Å². The van der Waals surface area contributed by atoms with Crippen LogP contribution in [0.2, 0.25) is 0 Å². The molecule has 4 aliphatic rings. The maximum absolute atomic E-state index is 12.0. The maximum Gasteiger partial charge on any atom is 0.248 e. The monoisotopic (exact) mass is 789 g/mol. The summed E-state index contributed by atoms with van der Waals surface area (Å²) in [7, 11) is 0. The second-order valence-electron chi connectivity index (χ2n) is 15.6. The Hall–Kier alpha value is -3.25. The zero-order valence-corrected chi connectivity index (χ0v) is 32.3. The van der Waals surface area contributed by atoms with Gasteiger partial charge < -0.3 is 56.6 Å². The van der Waals surface area contributed by atoms with Crippen LogP contribution in [0.15, 0.2) is 83.7 Å². The molecule has 3 atom stereocenters. The Morgan fingerprint density at radius 3 is 2.43 bits per heavy atom. The number of aliphatic hydroxyl groups excluding tert-OH is 1. The number of piperidine rings is 3. The number of nitrogens with zero attached hydrogens (tertiary/aromatic N) is 1. The SMILES string of the molecule is O=c1ccc2c([C@@H](O)CNCCCc3ccc(OCCC[N+]45CCC(CC4)[C@@H](OC[C@@](O)(c4ccccc4)C4CCCC4)C5)cc3)ccc(O)c2[nH]1.[Br-]. The first-order valence-electron chi connectivity index (χ1n) is 19.5. The number of benzene rings is 3. The maximum atomic E-state index is 12.0. The Morgan fingerprint density at radius 2 is 1.68 bits per heavy atom.